The lowest BCUT2D eigenvalue weighted by Crippen LogP contribution is -2.15. The van der Waals surface area contributed by atoms with Crippen LogP contribution in [0.2, 0.25) is 0 Å². The Balaban J connectivity index is 1.81. The monoisotopic (exact) mass is 270 g/mol. The molecule has 82 valence electrons. The maximum absolute atomic E-state index is 10.3. The van der Waals surface area contributed by atoms with Gasteiger partial charge in [0.15, 0.2) is 0 Å². The molecule has 15 heavy (non-hydrogen) atoms. The molecule has 1 aromatic heterocycles. The van der Waals surface area contributed by atoms with Gasteiger partial charge in [-0.15, -0.1) is 0 Å². The van der Waals surface area contributed by atoms with Crippen LogP contribution in [0, 0.1) is 17.8 Å². The fourth-order valence-corrected chi connectivity index (χ4v) is 3.58. The molecule has 2 saturated carbocycles. The summed E-state index contributed by atoms with van der Waals surface area (Å²) in [6.07, 6.45) is 5.20. The van der Waals surface area contributed by atoms with Crippen molar-refractivity contribution in [3.05, 3.63) is 16.4 Å². The molecule has 0 saturated heterocycles. The van der Waals surface area contributed by atoms with Gasteiger partial charge in [0.05, 0.1) is 22.5 Å². The number of nitrogens with zero attached hydrogens (tertiary/aromatic N) is 2. The molecule has 1 heterocycles. The molecule has 4 heteroatoms. The molecule has 0 aromatic carbocycles. The van der Waals surface area contributed by atoms with Crippen LogP contribution in [0.1, 0.15) is 31.1 Å². The maximum atomic E-state index is 10.3. The smallest absolute Gasteiger partial charge is 0.0996 e. The summed E-state index contributed by atoms with van der Waals surface area (Å²) in [5.74, 6) is 2.27. The molecular weight excluding hydrogens is 256 g/mol. The molecule has 0 aliphatic heterocycles. The van der Waals surface area contributed by atoms with E-state index in [1.54, 1.807) is 10.9 Å². The summed E-state index contributed by atoms with van der Waals surface area (Å²) in [6, 6.07) is 0. The number of hydrogen-bond donors (Lipinski definition) is 1. The number of aliphatic hydroxyl groups excluding tert-OH is 1. The Morgan fingerprint density at radius 2 is 2.13 bits per heavy atom. The molecule has 0 bridgehead atoms. The second-order valence-electron chi connectivity index (χ2n) is 4.93. The van der Waals surface area contributed by atoms with E-state index in [4.69, 9.17) is 0 Å². The summed E-state index contributed by atoms with van der Waals surface area (Å²) in [4.78, 5) is 0. The van der Waals surface area contributed by atoms with Gasteiger partial charge in [0.2, 0.25) is 0 Å². The van der Waals surface area contributed by atoms with E-state index >= 15 is 0 Å². The zero-order valence-electron chi connectivity index (χ0n) is 8.73. The predicted molar refractivity (Wildman–Crippen MR) is 60.2 cm³/mol. The van der Waals surface area contributed by atoms with E-state index < -0.39 is 0 Å². The Labute approximate surface area is 97.6 Å². The number of aromatic nitrogens is 2. The molecule has 2 aliphatic rings. The average Bonchev–Trinajstić information content (AvgIpc) is 2.66. The van der Waals surface area contributed by atoms with Crippen molar-refractivity contribution in [2.45, 2.75) is 25.4 Å². The first kappa shape index (κ1) is 9.85. The highest BCUT2D eigenvalue weighted by molar-refractivity contribution is 9.10. The van der Waals surface area contributed by atoms with Crippen molar-refractivity contribution < 1.29 is 5.11 Å². The highest BCUT2D eigenvalue weighted by atomic mass is 79.9. The molecule has 0 spiro atoms. The SMILES string of the molecule is Cn1ncc(Br)c1C(O)C1CC2CC2C1. The van der Waals surface area contributed by atoms with Gasteiger partial charge >= 0.3 is 0 Å². The number of hydrogen-bond acceptors (Lipinski definition) is 2. The van der Waals surface area contributed by atoms with Gasteiger partial charge in [0, 0.05) is 7.05 Å². The summed E-state index contributed by atoms with van der Waals surface area (Å²) in [7, 11) is 1.89. The Morgan fingerprint density at radius 1 is 1.47 bits per heavy atom. The Hall–Kier alpha value is -0.350. The van der Waals surface area contributed by atoms with E-state index in [0.29, 0.717) is 5.92 Å². The molecule has 0 radical (unpaired) electrons. The largest absolute Gasteiger partial charge is 0.386 e. The zero-order chi connectivity index (χ0) is 10.6. The normalized spacial score (nSPS) is 35.3. The molecule has 2 fully saturated rings. The topological polar surface area (TPSA) is 38.0 Å². The Kier molecular flexibility index (Phi) is 2.18. The van der Waals surface area contributed by atoms with Crippen LogP contribution in [0.4, 0.5) is 0 Å². The van der Waals surface area contributed by atoms with Crippen LogP contribution in [0.15, 0.2) is 10.7 Å². The first-order valence-corrected chi connectivity index (χ1v) is 6.31. The van der Waals surface area contributed by atoms with E-state index in [9.17, 15) is 5.11 Å². The van der Waals surface area contributed by atoms with Gasteiger partial charge in [-0.2, -0.15) is 5.10 Å². The van der Waals surface area contributed by atoms with Gasteiger partial charge in [-0.25, -0.2) is 0 Å². The van der Waals surface area contributed by atoms with Gasteiger partial charge < -0.3 is 5.11 Å². The second kappa shape index (κ2) is 3.32. The van der Waals surface area contributed by atoms with Crippen molar-refractivity contribution >= 4 is 15.9 Å². The summed E-state index contributed by atoms with van der Waals surface area (Å²) < 4.78 is 2.71. The Morgan fingerprint density at radius 3 is 2.67 bits per heavy atom. The number of fused-ring (bicyclic) bond motifs is 1. The first-order valence-electron chi connectivity index (χ1n) is 5.52. The molecule has 3 rings (SSSR count). The highest BCUT2D eigenvalue weighted by Gasteiger charge is 2.48. The first-order chi connectivity index (χ1) is 7.16. The van der Waals surface area contributed by atoms with Crippen LogP contribution in [0.25, 0.3) is 0 Å². The molecule has 0 amide bonds. The fraction of sp³-hybridized carbons (Fsp3) is 0.727. The minimum Gasteiger partial charge on any atom is -0.386 e. The number of aryl methyl sites for hydroxylation is 1. The van der Waals surface area contributed by atoms with Gasteiger partial charge in [-0.05, 0) is 52.9 Å². The van der Waals surface area contributed by atoms with Crippen molar-refractivity contribution in [2.24, 2.45) is 24.8 Å². The van der Waals surface area contributed by atoms with Crippen LogP contribution >= 0.6 is 15.9 Å². The molecule has 1 N–H and O–H groups in total. The zero-order valence-corrected chi connectivity index (χ0v) is 10.3. The van der Waals surface area contributed by atoms with Crippen molar-refractivity contribution in [1.29, 1.82) is 0 Å². The van der Waals surface area contributed by atoms with Crippen LogP contribution in [0.3, 0.4) is 0 Å². The van der Waals surface area contributed by atoms with Gasteiger partial charge in [0.1, 0.15) is 0 Å². The van der Waals surface area contributed by atoms with Gasteiger partial charge in [0.25, 0.3) is 0 Å². The fourth-order valence-electron chi connectivity index (χ4n) is 3.00. The minimum atomic E-state index is -0.348. The van der Waals surface area contributed by atoms with E-state index in [0.717, 1.165) is 22.0 Å². The number of halogens is 1. The van der Waals surface area contributed by atoms with Crippen molar-refractivity contribution in [2.75, 3.05) is 0 Å². The van der Waals surface area contributed by atoms with Crippen LogP contribution in [-0.4, -0.2) is 14.9 Å². The summed E-state index contributed by atoms with van der Waals surface area (Å²) >= 11 is 3.45. The minimum absolute atomic E-state index is 0.348. The third kappa shape index (κ3) is 1.54. The van der Waals surface area contributed by atoms with Crippen LogP contribution in [0.5, 0.6) is 0 Å². The third-order valence-electron chi connectivity index (χ3n) is 3.94. The van der Waals surface area contributed by atoms with E-state index in [-0.39, 0.29) is 6.10 Å². The molecule has 3 nitrogen and oxygen atoms in total. The van der Waals surface area contributed by atoms with Crippen molar-refractivity contribution in [3.8, 4) is 0 Å². The van der Waals surface area contributed by atoms with E-state index in [1.807, 2.05) is 7.05 Å². The lowest BCUT2D eigenvalue weighted by molar-refractivity contribution is 0.0957. The van der Waals surface area contributed by atoms with E-state index in [1.165, 1.54) is 19.3 Å². The van der Waals surface area contributed by atoms with Crippen molar-refractivity contribution in [3.63, 3.8) is 0 Å². The highest BCUT2D eigenvalue weighted by Crippen LogP contribution is 2.57. The number of rotatable bonds is 2. The molecule has 3 atom stereocenters. The quantitative estimate of drug-likeness (QED) is 0.896. The maximum Gasteiger partial charge on any atom is 0.0996 e. The molecular formula is C11H15BrN2O. The van der Waals surface area contributed by atoms with Crippen LogP contribution in [-0.2, 0) is 7.05 Å². The van der Waals surface area contributed by atoms with Crippen LogP contribution < -0.4 is 0 Å². The van der Waals surface area contributed by atoms with E-state index in [2.05, 4.69) is 21.0 Å². The average molecular weight is 271 g/mol. The Bertz CT molecular complexity index is 360. The predicted octanol–water partition coefficient (Wildman–Crippen LogP) is 2.26. The second-order valence-corrected chi connectivity index (χ2v) is 5.79. The standard InChI is InChI=1S/C11H15BrN2O/c1-14-10(9(12)5-13-14)11(15)8-3-6-2-7(6)4-8/h5-8,11,15H,2-4H2,1H3. The summed E-state index contributed by atoms with van der Waals surface area (Å²) in [5, 5.41) is 14.5. The molecule has 3 unspecified atom stereocenters. The molecule has 2 aliphatic carbocycles. The third-order valence-corrected chi connectivity index (χ3v) is 4.56. The lowest BCUT2D eigenvalue weighted by Gasteiger charge is -2.20. The van der Waals surface area contributed by atoms with Gasteiger partial charge in [-0.1, -0.05) is 0 Å². The number of aliphatic hydroxyl groups is 1. The summed E-state index contributed by atoms with van der Waals surface area (Å²) in [5.41, 5.74) is 0.932. The molecule has 1 aromatic rings. The summed E-state index contributed by atoms with van der Waals surface area (Å²) in [6.45, 7) is 0. The van der Waals surface area contributed by atoms with Crippen molar-refractivity contribution in [1.82, 2.24) is 9.78 Å². The lowest BCUT2D eigenvalue weighted by atomic mass is 9.94. The van der Waals surface area contributed by atoms with Gasteiger partial charge in [-0.3, -0.25) is 4.68 Å².